The van der Waals surface area contributed by atoms with Crippen LogP contribution in [0.25, 0.3) is 0 Å². The van der Waals surface area contributed by atoms with E-state index in [2.05, 4.69) is 56.2 Å². The second-order valence-corrected chi connectivity index (χ2v) is 5.87. The first kappa shape index (κ1) is 16.3. The molecule has 21 heavy (non-hydrogen) atoms. The molecule has 0 radical (unpaired) electrons. The lowest BCUT2D eigenvalue weighted by Crippen LogP contribution is -2.42. The monoisotopic (exact) mass is 292 g/mol. The van der Waals surface area contributed by atoms with Crippen molar-refractivity contribution in [2.24, 2.45) is 0 Å². The van der Waals surface area contributed by atoms with Gasteiger partial charge in [-0.25, -0.2) is 0 Å². The molecule has 1 aliphatic rings. The van der Waals surface area contributed by atoms with Crippen molar-refractivity contribution in [2.75, 3.05) is 39.9 Å². The Hall–Kier alpha value is -1.10. The molecule has 1 fully saturated rings. The van der Waals surface area contributed by atoms with Gasteiger partial charge < -0.3 is 19.7 Å². The van der Waals surface area contributed by atoms with E-state index in [-0.39, 0.29) is 6.10 Å². The third-order valence-corrected chi connectivity index (χ3v) is 3.98. The molecule has 1 N–H and O–H groups in total. The van der Waals surface area contributed by atoms with E-state index >= 15 is 0 Å². The molecule has 2 rings (SSSR count). The van der Waals surface area contributed by atoms with Gasteiger partial charge in [-0.2, -0.15) is 0 Å². The summed E-state index contributed by atoms with van der Waals surface area (Å²) in [4.78, 5) is 2.28. The Bertz CT molecular complexity index is 450. The van der Waals surface area contributed by atoms with Gasteiger partial charge in [0.15, 0.2) is 0 Å². The number of nitrogens with zero attached hydrogens (tertiary/aromatic N) is 1. The van der Waals surface area contributed by atoms with Crippen molar-refractivity contribution in [3.05, 3.63) is 29.3 Å². The van der Waals surface area contributed by atoms with E-state index in [1.807, 2.05) is 0 Å². The van der Waals surface area contributed by atoms with Crippen molar-refractivity contribution in [1.82, 2.24) is 10.2 Å². The van der Waals surface area contributed by atoms with Crippen molar-refractivity contribution in [2.45, 2.75) is 32.9 Å². The van der Waals surface area contributed by atoms with Crippen LogP contribution in [-0.2, 0) is 4.74 Å². The van der Waals surface area contributed by atoms with E-state index in [1.165, 1.54) is 11.1 Å². The Kier molecular flexibility index (Phi) is 6.03. The zero-order chi connectivity index (χ0) is 15.2. The minimum absolute atomic E-state index is 0.170. The molecule has 0 aromatic heterocycles. The van der Waals surface area contributed by atoms with E-state index < -0.39 is 0 Å². The van der Waals surface area contributed by atoms with Gasteiger partial charge >= 0.3 is 0 Å². The number of rotatable bonds is 6. The van der Waals surface area contributed by atoms with Crippen LogP contribution in [-0.4, -0.2) is 50.9 Å². The number of hydrogen-bond acceptors (Lipinski definition) is 4. The Morgan fingerprint density at radius 2 is 2.29 bits per heavy atom. The molecular weight excluding hydrogens is 264 g/mol. The summed E-state index contributed by atoms with van der Waals surface area (Å²) in [6, 6.07) is 6.79. The van der Waals surface area contributed by atoms with Gasteiger partial charge in [-0.1, -0.05) is 19.1 Å². The average Bonchev–Trinajstić information content (AvgIpc) is 2.46. The van der Waals surface area contributed by atoms with E-state index in [1.54, 1.807) is 0 Å². The third kappa shape index (κ3) is 4.70. The van der Waals surface area contributed by atoms with E-state index in [0.717, 1.165) is 32.0 Å². The summed E-state index contributed by atoms with van der Waals surface area (Å²) >= 11 is 0. The van der Waals surface area contributed by atoms with Crippen LogP contribution in [0, 0.1) is 6.92 Å². The average molecular weight is 292 g/mol. The van der Waals surface area contributed by atoms with Gasteiger partial charge in [0.1, 0.15) is 18.5 Å². The predicted octanol–water partition coefficient (Wildman–Crippen LogP) is 2.37. The Labute approximate surface area is 128 Å². The molecule has 4 nitrogen and oxygen atoms in total. The van der Waals surface area contributed by atoms with Gasteiger partial charge in [-0.3, -0.25) is 0 Å². The van der Waals surface area contributed by atoms with Crippen LogP contribution >= 0.6 is 0 Å². The first-order chi connectivity index (χ1) is 10.1. The summed E-state index contributed by atoms with van der Waals surface area (Å²) in [6.07, 6.45) is 0.170. The third-order valence-electron chi connectivity index (χ3n) is 3.98. The van der Waals surface area contributed by atoms with Gasteiger partial charge in [-0.05, 0) is 44.6 Å². The molecule has 0 aliphatic carbocycles. The first-order valence-corrected chi connectivity index (χ1v) is 7.87. The molecule has 1 aliphatic heterocycles. The summed E-state index contributed by atoms with van der Waals surface area (Å²) in [7, 11) is 2.12. The molecule has 2 unspecified atom stereocenters. The van der Waals surface area contributed by atoms with Gasteiger partial charge in [0.2, 0.25) is 0 Å². The molecule has 1 heterocycles. The normalized spacial score (nSPS) is 21.2. The molecule has 118 valence electrons. The molecule has 0 bridgehead atoms. The van der Waals surface area contributed by atoms with Crippen LogP contribution < -0.4 is 10.1 Å². The minimum Gasteiger partial charge on any atom is -0.491 e. The fourth-order valence-corrected chi connectivity index (χ4v) is 2.68. The van der Waals surface area contributed by atoms with Crippen LogP contribution in [0.5, 0.6) is 5.75 Å². The highest BCUT2D eigenvalue weighted by Gasteiger charge is 2.18. The van der Waals surface area contributed by atoms with Gasteiger partial charge in [0, 0.05) is 19.1 Å². The molecule has 1 aromatic rings. The lowest BCUT2D eigenvalue weighted by atomic mass is 10.1. The fourth-order valence-electron chi connectivity index (χ4n) is 2.68. The van der Waals surface area contributed by atoms with Crippen molar-refractivity contribution >= 4 is 0 Å². The summed E-state index contributed by atoms with van der Waals surface area (Å²) in [5, 5.41) is 3.43. The topological polar surface area (TPSA) is 33.7 Å². The molecule has 2 atom stereocenters. The number of ether oxygens (including phenoxy) is 2. The second-order valence-electron chi connectivity index (χ2n) is 5.87. The summed E-state index contributed by atoms with van der Waals surface area (Å²) in [5.41, 5.74) is 2.48. The van der Waals surface area contributed by atoms with Crippen LogP contribution in [0.1, 0.15) is 31.0 Å². The molecular formula is C17H28N2O2. The molecule has 0 spiro atoms. The summed E-state index contributed by atoms with van der Waals surface area (Å²) < 4.78 is 11.7. The summed E-state index contributed by atoms with van der Waals surface area (Å²) in [6.45, 7) is 10.7. The smallest absolute Gasteiger partial charge is 0.122 e. The number of nitrogens with one attached hydrogen (secondary N) is 1. The maximum atomic E-state index is 5.95. The highest BCUT2D eigenvalue weighted by molar-refractivity contribution is 5.37. The zero-order valence-electron chi connectivity index (χ0n) is 13.7. The lowest BCUT2D eigenvalue weighted by molar-refractivity contribution is -0.0404. The van der Waals surface area contributed by atoms with E-state index in [9.17, 15) is 0 Å². The first-order valence-electron chi connectivity index (χ1n) is 7.87. The maximum absolute atomic E-state index is 5.95. The molecule has 1 aromatic carbocycles. The number of likely N-dealkylation sites (N-methyl/N-ethyl adjacent to an activating group) is 1. The Morgan fingerprint density at radius 1 is 1.48 bits per heavy atom. The van der Waals surface area contributed by atoms with Crippen molar-refractivity contribution < 1.29 is 9.47 Å². The summed E-state index contributed by atoms with van der Waals surface area (Å²) in [5.74, 6) is 0.958. The zero-order valence-corrected chi connectivity index (χ0v) is 13.7. The second kappa shape index (κ2) is 7.78. The van der Waals surface area contributed by atoms with Gasteiger partial charge in [-0.15, -0.1) is 0 Å². The quantitative estimate of drug-likeness (QED) is 0.873. The molecule has 1 saturated heterocycles. The molecule has 0 amide bonds. The van der Waals surface area contributed by atoms with Crippen LogP contribution in [0.3, 0.4) is 0 Å². The lowest BCUT2D eigenvalue weighted by Gasteiger charge is -2.30. The number of benzene rings is 1. The minimum atomic E-state index is 0.170. The highest BCUT2D eigenvalue weighted by Crippen LogP contribution is 2.23. The molecule has 4 heteroatoms. The van der Waals surface area contributed by atoms with Crippen LogP contribution in [0.15, 0.2) is 18.2 Å². The van der Waals surface area contributed by atoms with Gasteiger partial charge in [0.25, 0.3) is 0 Å². The molecule has 0 saturated carbocycles. The van der Waals surface area contributed by atoms with Crippen molar-refractivity contribution in [1.29, 1.82) is 0 Å². The van der Waals surface area contributed by atoms with E-state index in [4.69, 9.17) is 9.47 Å². The highest BCUT2D eigenvalue weighted by atomic mass is 16.5. The van der Waals surface area contributed by atoms with E-state index in [0.29, 0.717) is 12.6 Å². The Balaban J connectivity index is 1.91. The fraction of sp³-hybridized carbons (Fsp3) is 0.647. The van der Waals surface area contributed by atoms with Crippen LogP contribution in [0.4, 0.5) is 0 Å². The standard InChI is InChI=1S/C17H28N2O2/c1-5-18-14(3)15-6-7-17(13(2)10-15)21-12-16-11-19(4)8-9-20-16/h6-7,10,14,16,18H,5,8-9,11-12H2,1-4H3. The Morgan fingerprint density at radius 3 is 2.95 bits per heavy atom. The number of aryl methyl sites for hydroxylation is 1. The maximum Gasteiger partial charge on any atom is 0.122 e. The van der Waals surface area contributed by atoms with Crippen molar-refractivity contribution in [3.8, 4) is 5.75 Å². The number of morpholine rings is 1. The number of hydrogen-bond donors (Lipinski definition) is 1. The SMILES string of the molecule is CCNC(C)c1ccc(OCC2CN(C)CCO2)c(C)c1. The van der Waals surface area contributed by atoms with Gasteiger partial charge in [0.05, 0.1) is 6.61 Å². The largest absolute Gasteiger partial charge is 0.491 e. The van der Waals surface area contributed by atoms with Crippen LogP contribution in [0.2, 0.25) is 0 Å². The predicted molar refractivity (Wildman–Crippen MR) is 86.0 cm³/mol. The van der Waals surface area contributed by atoms with Crippen molar-refractivity contribution in [3.63, 3.8) is 0 Å².